The lowest BCUT2D eigenvalue weighted by Crippen LogP contribution is -2.37. The van der Waals surface area contributed by atoms with Gasteiger partial charge in [-0.05, 0) is 36.4 Å². The largest absolute Gasteiger partial charge is 0.378 e. The van der Waals surface area contributed by atoms with Gasteiger partial charge in [0, 0.05) is 31.4 Å². The summed E-state index contributed by atoms with van der Waals surface area (Å²) >= 11 is 1.24. The molecule has 2 aromatic carbocycles. The van der Waals surface area contributed by atoms with E-state index in [9.17, 15) is 18.0 Å². The van der Waals surface area contributed by atoms with Gasteiger partial charge in [-0.25, -0.2) is 18.5 Å². The molecule has 0 spiro atoms. The number of morpholine rings is 1. The summed E-state index contributed by atoms with van der Waals surface area (Å²) in [5.74, 6) is -0.689. The summed E-state index contributed by atoms with van der Waals surface area (Å²) < 4.78 is 29.8. The number of primary sulfonamides is 1. The van der Waals surface area contributed by atoms with Gasteiger partial charge in [-0.2, -0.15) is 0 Å². The van der Waals surface area contributed by atoms with Gasteiger partial charge < -0.3 is 15.0 Å². The van der Waals surface area contributed by atoms with Gasteiger partial charge >= 0.3 is 0 Å². The fraction of sp³-hybridized carbons (Fsp3) is 0.250. The van der Waals surface area contributed by atoms with Crippen LogP contribution in [0.3, 0.4) is 0 Å². The molecule has 1 aromatic heterocycles. The third-order valence-electron chi connectivity index (χ3n) is 4.82. The fourth-order valence-electron chi connectivity index (χ4n) is 3.38. The van der Waals surface area contributed by atoms with E-state index in [1.54, 1.807) is 24.3 Å². The van der Waals surface area contributed by atoms with Crippen LogP contribution in [0, 0.1) is 0 Å². The van der Waals surface area contributed by atoms with Crippen molar-refractivity contribution in [3.05, 3.63) is 42.0 Å². The zero-order chi connectivity index (χ0) is 22.9. The van der Waals surface area contributed by atoms with Crippen LogP contribution in [0.25, 0.3) is 10.2 Å². The molecule has 2 heterocycles. The van der Waals surface area contributed by atoms with Gasteiger partial charge in [0.1, 0.15) is 0 Å². The first-order valence-corrected chi connectivity index (χ1v) is 12.1. The van der Waals surface area contributed by atoms with Crippen LogP contribution in [0.2, 0.25) is 0 Å². The van der Waals surface area contributed by atoms with E-state index in [-0.39, 0.29) is 16.4 Å². The van der Waals surface area contributed by atoms with Crippen molar-refractivity contribution in [1.29, 1.82) is 0 Å². The molecule has 0 radical (unpaired) electrons. The number of thiazole rings is 1. The Kier molecular flexibility index (Phi) is 6.11. The molecule has 10 nitrogen and oxygen atoms in total. The summed E-state index contributed by atoms with van der Waals surface area (Å²) in [6, 6.07) is 9.48. The average molecular weight is 476 g/mol. The molecule has 1 fully saturated rings. The lowest BCUT2D eigenvalue weighted by molar-refractivity contribution is -0.114. The highest BCUT2D eigenvalue weighted by Gasteiger charge is 2.22. The van der Waals surface area contributed by atoms with Crippen molar-refractivity contribution in [3.8, 4) is 0 Å². The molecule has 1 saturated heterocycles. The van der Waals surface area contributed by atoms with Crippen molar-refractivity contribution in [2.75, 3.05) is 41.8 Å². The van der Waals surface area contributed by atoms with E-state index in [0.717, 1.165) is 4.70 Å². The highest BCUT2D eigenvalue weighted by atomic mass is 32.2. The molecule has 0 unspecified atom stereocenters. The molecule has 0 atom stereocenters. The Balaban J connectivity index is 1.66. The molecule has 2 amide bonds. The predicted molar refractivity (Wildman–Crippen MR) is 123 cm³/mol. The number of nitrogens with zero attached hydrogens (tertiary/aromatic N) is 2. The summed E-state index contributed by atoms with van der Waals surface area (Å²) in [4.78, 5) is 30.6. The molecule has 3 aromatic rings. The van der Waals surface area contributed by atoms with E-state index in [0.29, 0.717) is 48.3 Å². The summed E-state index contributed by atoms with van der Waals surface area (Å²) in [7, 11) is -3.99. The third-order valence-corrected chi connectivity index (χ3v) is 6.67. The number of carbonyl (C=O) groups is 2. The Labute approximate surface area is 188 Å². The zero-order valence-corrected chi connectivity index (χ0v) is 18.8. The number of anilines is 3. The topological polar surface area (TPSA) is 144 Å². The second kappa shape index (κ2) is 8.82. The molecule has 0 aliphatic carbocycles. The number of aromatic nitrogens is 1. The van der Waals surface area contributed by atoms with Crippen molar-refractivity contribution < 1.29 is 22.7 Å². The molecule has 168 valence electrons. The molecule has 1 aliphatic heterocycles. The number of hydrogen-bond acceptors (Lipinski definition) is 8. The van der Waals surface area contributed by atoms with Crippen LogP contribution in [-0.2, 0) is 19.6 Å². The van der Waals surface area contributed by atoms with Crippen LogP contribution in [0.4, 0.5) is 16.5 Å². The Hall–Kier alpha value is -3.06. The number of sulfonamides is 1. The predicted octanol–water partition coefficient (Wildman–Crippen LogP) is 1.99. The van der Waals surface area contributed by atoms with Crippen molar-refractivity contribution >= 4 is 59.9 Å². The SMILES string of the molecule is CC(=O)Nc1ccc2nc(NC(=O)c3cc(S(N)(=O)=O)ccc3N3CCOCC3)sc2c1. The number of ether oxygens (including phenoxy) is 1. The summed E-state index contributed by atoms with van der Waals surface area (Å²) in [6.07, 6.45) is 0. The first kappa shape index (κ1) is 22.1. The molecule has 32 heavy (non-hydrogen) atoms. The van der Waals surface area contributed by atoms with Crippen molar-refractivity contribution in [2.24, 2.45) is 5.14 Å². The van der Waals surface area contributed by atoms with Crippen molar-refractivity contribution in [1.82, 2.24) is 4.98 Å². The maximum Gasteiger partial charge on any atom is 0.259 e. The fourth-order valence-corrected chi connectivity index (χ4v) is 4.82. The second-order valence-corrected chi connectivity index (χ2v) is 9.75. The lowest BCUT2D eigenvalue weighted by Gasteiger charge is -2.30. The molecule has 4 N–H and O–H groups in total. The quantitative estimate of drug-likeness (QED) is 0.512. The van der Waals surface area contributed by atoms with Gasteiger partial charge in [0.25, 0.3) is 5.91 Å². The van der Waals surface area contributed by atoms with Gasteiger partial charge in [0.15, 0.2) is 5.13 Å². The minimum atomic E-state index is -3.99. The van der Waals surface area contributed by atoms with Gasteiger partial charge in [-0.1, -0.05) is 11.3 Å². The number of hydrogen-bond donors (Lipinski definition) is 3. The van der Waals surface area contributed by atoms with E-state index < -0.39 is 15.9 Å². The van der Waals surface area contributed by atoms with E-state index >= 15 is 0 Å². The van der Waals surface area contributed by atoms with Crippen molar-refractivity contribution in [2.45, 2.75) is 11.8 Å². The average Bonchev–Trinajstić information content (AvgIpc) is 3.14. The standard InChI is InChI=1S/C20H21N5O5S2/c1-12(26)22-13-2-4-16-18(10-13)31-20(23-16)24-19(27)15-11-14(32(21,28)29)3-5-17(15)25-6-8-30-9-7-25/h2-5,10-11H,6-9H2,1H3,(H,22,26)(H2,21,28,29)(H,23,24,27). The first-order valence-electron chi connectivity index (χ1n) is 9.70. The minimum Gasteiger partial charge on any atom is -0.378 e. The van der Waals surface area contributed by atoms with Crippen LogP contribution in [0.5, 0.6) is 0 Å². The highest BCUT2D eigenvalue weighted by molar-refractivity contribution is 7.89. The summed E-state index contributed by atoms with van der Waals surface area (Å²) in [6.45, 7) is 3.58. The summed E-state index contributed by atoms with van der Waals surface area (Å²) in [5.41, 5.74) is 2.05. The van der Waals surface area contributed by atoms with E-state index in [1.807, 2.05) is 4.90 Å². The van der Waals surface area contributed by atoms with Crippen LogP contribution in [-0.4, -0.2) is 51.5 Å². The highest BCUT2D eigenvalue weighted by Crippen LogP contribution is 2.30. The molecule has 1 aliphatic rings. The maximum atomic E-state index is 13.2. The second-order valence-electron chi connectivity index (χ2n) is 7.16. The number of carbonyl (C=O) groups excluding carboxylic acids is 2. The van der Waals surface area contributed by atoms with Crippen LogP contribution in [0.1, 0.15) is 17.3 Å². The zero-order valence-electron chi connectivity index (χ0n) is 17.1. The number of benzene rings is 2. The Morgan fingerprint density at radius 1 is 1.12 bits per heavy atom. The Morgan fingerprint density at radius 3 is 2.56 bits per heavy atom. The maximum absolute atomic E-state index is 13.2. The van der Waals surface area contributed by atoms with Gasteiger partial charge in [0.2, 0.25) is 15.9 Å². The van der Waals surface area contributed by atoms with Crippen LogP contribution >= 0.6 is 11.3 Å². The normalized spacial score (nSPS) is 14.4. The molecule has 12 heteroatoms. The number of nitrogens with one attached hydrogen (secondary N) is 2. The smallest absolute Gasteiger partial charge is 0.259 e. The monoisotopic (exact) mass is 475 g/mol. The van der Waals surface area contributed by atoms with E-state index in [1.165, 1.54) is 30.4 Å². The van der Waals surface area contributed by atoms with Gasteiger partial charge in [-0.3, -0.25) is 14.9 Å². The van der Waals surface area contributed by atoms with Gasteiger partial charge in [-0.15, -0.1) is 0 Å². The molecular weight excluding hydrogens is 454 g/mol. The Bertz CT molecular complexity index is 1300. The minimum absolute atomic E-state index is 0.149. The molecular formula is C20H21N5O5S2. The van der Waals surface area contributed by atoms with Crippen LogP contribution in [0.15, 0.2) is 41.3 Å². The third kappa shape index (κ3) is 4.88. The van der Waals surface area contributed by atoms with Crippen LogP contribution < -0.4 is 20.7 Å². The molecule has 4 rings (SSSR count). The summed E-state index contributed by atoms with van der Waals surface area (Å²) in [5, 5.41) is 11.1. The van der Waals surface area contributed by atoms with E-state index in [2.05, 4.69) is 15.6 Å². The number of nitrogens with two attached hydrogens (primary N) is 1. The van der Waals surface area contributed by atoms with Crippen molar-refractivity contribution in [3.63, 3.8) is 0 Å². The number of rotatable bonds is 5. The number of amides is 2. The van der Waals surface area contributed by atoms with E-state index in [4.69, 9.17) is 9.88 Å². The lowest BCUT2D eigenvalue weighted by atomic mass is 10.1. The first-order chi connectivity index (χ1) is 15.2. The Morgan fingerprint density at radius 2 is 1.88 bits per heavy atom. The number of fused-ring (bicyclic) bond motifs is 1. The molecule has 0 bridgehead atoms. The molecule has 0 saturated carbocycles. The van der Waals surface area contributed by atoms with Gasteiger partial charge in [0.05, 0.1) is 33.9 Å².